The smallest absolute Gasteiger partial charge is 0.227 e. The minimum atomic E-state index is -0.180. The summed E-state index contributed by atoms with van der Waals surface area (Å²) in [4.78, 5) is 12.1. The fraction of sp³-hybridized carbons (Fsp3) is 0.412. The summed E-state index contributed by atoms with van der Waals surface area (Å²) in [6.45, 7) is 6.68. The van der Waals surface area contributed by atoms with Crippen LogP contribution in [0.1, 0.15) is 43.6 Å². The zero-order chi connectivity index (χ0) is 15.2. The molecule has 21 heavy (non-hydrogen) atoms. The van der Waals surface area contributed by atoms with E-state index in [-0.39, 0.29) is 11.8 Å². The molecular weight excluding hydrogens is 264 g/mol. The van der Waals surface area contributed by atoms with Crippen molar-refractivity contribution in [2.75, 3.05) is 0 Å². The van der Waals surface area contributed by atoms with Crippen molar-refractivity contribution in [3.8, 4) is 0 Å². The van der Waals surface area contributed by atoms with Gasteiger partial charge in [0.05, 0.1) is 18.7 Å². The maximum atomic E-state index is 12.1. The third kappa shape index (κ3) is 4.45. The predicted molar refractivity (Wildman–Crippen MR) is 81.7 cm³/mol. The van der Waals surface area contributed by atoms with Crippen molar-refractivity contribution in [2.45, 2.75) is 39.7 Å². The van der Waals surface area contributed by atoms with E-state index in [1.165, 1.54) is 5.56 Å². The molecule has 0 aliphatic heterocycles. The lowest BCUT2D eigenvalue weighted by Gasteiger charge is -2.13. The van der Waals surface area contributed by atoms with Crippen molar-refractivity contribution in [2.24, 2.45) is 5.92 Å². The molecule has 1 heterocycles. The predicted octanol–water partition coefficient (Wildman–Crippen LogP) is 3.29. The molecule has 2 rings (SSSR count). The highest BCUT2D eigenvalue weighted by Crippen LogP contribution is 2.18. The van der Waals surface area contributed by atoms with Gasteiger partial charge in [-0.15, -0.1) is 0 Å². The third-order valence-electron chi connectivity index (χ3n) is 3.45. The molecule has 2 aromatic rings. The molecule has 0 fully saturated rings. The Balaban J connectivity index is 1.92. The van der Waals surface area contributed by atoms with Crippen LogP contribution in [0.15, 0.2) is 41.1 Å². The molecular formula is C17H22N2O2. The molecule has 0 saturated heterocycles. The highest BCUT2D eigenvalue weighted by molar-refractivity contribution is 5.83. The summed E-state index contributed by atoms with van der Waals surface area (Å²) < 4.78 is 4.96. The molecule has 4 heteroatoms. The van der Waals surface area contributed by atoms with Crippen LogP contribution in [-0.4, -0.2) is 11.1 Å². The number of hydrogen-bond acceptors (Lipinski definition) is 3. The lowest BCUT2D eigenvalue weighted by Crippen LogP contribution is -2.27. The number of hydrogen-bond donors (Lipinski definition) is 1. The summed E-state index contributed by atoms with van der Waals surface area (Å²) in [6.07, 6.45) is 2.63. The molecule has 0 bridgehead atoms. The molecule has 0 unspecified atom stereocenters. The first kappa shape index (κ1) is 15.3. The molecule has 1 amide bonds. The van der Waals surface area contributed by atoms with Gasteiger partial charge >= 0.3 is 0 Å². The fourth-order valence-corrected chi connectivity index (χ4v) is 2.23. The van der Waals surface area contributed by atoms with Gasteiger partial charge in [-0.25, -0.2) is 0 Å². The minimum absolute atomic E-state index is 0.0111. The molecule has 0 radical (unpaired) electrons. The Labute approximate surface area is 125 Å². The van der Waals surface area contributed by atoms with Crippen molar-refractivity contribution in [3.05, 3.63) is 53.4 Å². The summed E-state index contributed by atoms with van der Waals surface area (Å²) >= 11 is 0. The quantitative estimate of drug-likeness (QED) is 0.886. The first-order valence-corrected chi connectivity index (χ1v) is 7.32. The largest absolute Gasteiger partial charge is 0.360 e. The van der Waals surface area contributed by atoms with Crippen LogP contribution in [0.4, 0.5) is 0 Å². The average molecular weight is 286 g/mol. The second-order valence-electron chi connectivity index (χ2n) is 5.76. The Morgan fingerprint density at radius 2 is 1.90 bits per heavy atom. The molecule has 112 valence electrons. The normalized spacial score (nSPS) is 12.4. The molecule has 1 N–H and O–H groups in total. The van der Waals surface area contributed by atoms with Crippen molar-refractivity contribution in [3.63, 3.8) is 0 Å². The van der Waals surface area contributed by atoms with E-state index >= 15 is 0 Å². The Morgan fingerprint density at radius 3 is 2.48 bits per heavy atom. The van der Waals surface area contributed by atoms with Gasteiger partial charge in [-0.2, -0.15) is 0 Å². The molecule has 1 aromatic carbocycles. The van der Waals surface area contributed by atoms with E-state index in [9.17, 15) is 4.79 Å². The first-order valence-electron chi connectivity index (χ1n) is 7.32. The van der Waals surface area contributed by atoms with Gasteiger partial charge in [0.15, 0.2) is 5.76 Å². The van der Waals surface area contributed by atoms with Crippen LogP contribution in [0.3, 0.4) is 0 Å². The summed E-state index contributed by atoms with van der Waals surface area (Å²) in [7, 11) is 0. The average Bonchev–Trinajstić information content (AvgIpc) is 2.97. The lowest BCUT2D eigenvalue weighted by atomic mass is 9.96. The number of nitrogens with zero attached hydrogens (tertiary/aromatic N) is 1. The first-order chi connectivity index (χ1) is 10.1. The van der Waals surface area contributed by atoms with E-state index in [4.69, 9.17) is 4.52 Å². The second kappa shape index (κ2) is 7.07. The van der Waals surface area contributed by atoms with E-state index in [1.54, 1.807) is 12.3 Å². The van der Waals surface area contributed by atoms with Gasteiger partial charge in [0.2, 0.25) is 5.91 Å². The zero-order valence-corrected chi connectivity index (χ0v) is 12.8. The van der Waals surface area contributed by atoms with Crippen LogP contribution in [0.25, 0.3) is 0 Å². The van der Waals surface area contributed by atoms with E-state index in [0.717, 1.165) is 12.0 Å². The monoisotopic (exact) mass is 286 g/mol. The zero-order valence-electron chi connectivity index (χ0n) is 12.8. The van der Waals surface area contributed by atoms with E-state index in [2.05, 4.69) is 36.5 Å². The van der Waals surface area contributed by atoms with Crippen LogP contribution in [0, 0.1) is 5.92 Å². The number of amides is 1. The summed E-state index contributed by atoms with van der Waals surface area (Å²) in [6, 6.07) is 10.0. The molecule has 1 atom stereocenters. The van der Waals surface area contributed by atoms with Crippen molar-refractivity contribution < 1.29 is 9.32 Å². The fourth-order valence-electron chi connectivity index (χ4n) is 2.23. The van der Waals surface area contributed by atoms with Crippen molar-refractivity contribution in [1.29, 1.82) is 0 Å². The van der Waals surface area contributed by atoms with Crippen LogP contribution in [0.5, 0.6) is 0 Å². The van der Waals surface area contributed by atoms with Crippen LogP contribution in [-0.2, 0) is 17.8 Å². The van der Waals surface area contributed by atoms with Gasteiger partial charge in [0.1, 0.15) is 0 Å². The minimum Gasteiger partial charge on any atom is -0.360 e. The van der Waals surface area contributed by atoms with Crippen LogP contribution >= 0.6 is 0 Å². The number of nitrogens with one attached hydrogen (secondary N) is 1. The molecule has 0 saturated carbocycles. The molecule has 4 nitrogen and oxygen atoms in total. The number of benzene rings is 1. The van der Waals surface area contributed by atoms with E-state index in [1.807, 2.05) is 19.1 Å². The Hall–Kier alpha value is -2.10. The highest BCUT2D eigenvalue weighted by atomic mass is 16.5. The molecule has 0 spiro atoms. The number of aromatic nitrogens is 1. The lowest BCUT2D eigenvalue weighted by molar-refractivity contribution is -0.122. The van der Waals surface area contributed by atoms with Gasteiger partial charge in [-0.05, 0) is 30.4 Å². The van der Waals surface area contributed by atoms with E-state index in [0.29, 0.717) is 18.2 Å². The van der Waals surface area contributed by atoms with Gasteiger partial charge in [0, 0.05) is 6.07 Å². The Morgan fingerprint density at radius 1 is 1.19 bits per heavy atom. The Kier molecular flexibility index (Phi) is 5.14. The summed E-state index contributed by atoms with van der Waals surface area (Å²) in [5.74, 6) is 1.10. The number of carbonyl (C=O) groups excluding carboxylic acids is 1. The van der Waals surface area contributed by atoms with Gasteiger partial charge in [-0.3, -0.25) is 4.79 Å². The SMILES string of the molecule is CC(C)Cc1ccc([C@H](C)C(=O)NCc2ccno2)cc1. The Bertz CT molecular complexity index is 559. The third-order valence-corrected chi connectivity index (χ3v) is 3.45. The van der Waals surface area contributed by atoms with Crippen molar-refractivity contribution in [1.82, 2.24) is 10.5 Å². The van der Waals surface area contributed by atoms with E-state index < -0.39 is 0 Å². The van der Waals surface area contributed by atoms with Gasteiger partial charge in [0.25, 0.3) is 0 Å². The summed E-state index contributed by atoms with van der Waals surface area (Å²) in [5.41, 5.74) is 2.33. The topological polar surface area (TPSA) is 55.1 Å². The van der Waals surface area contributed by atoms with Crippen LogP contribution in [0.2, 0.25) is 0 Å². The summed E-state index contributed by atoms with van der Waals surface area (Å²) in [5, 5.41) is 6.47. The number of carbonyl (C=O) groups is 1. The molecule has 0 aliphatic rings. The molecule has 0 aliphatic carbocycles. The maximum absolute atomic E-state index is 12.1. The molecule has 1 aromatic heterocycles. The highest BCUT2D eigenvalue weighted by Gasteiger charge is 2.15. The van der Waals surface area contributed by atoms with Gasteiger partial charge < -0.3 is 9.84 Å². The second-order valence-corrected chi connectivity index (χ2v) is 5.76. The van der Waals surface area contributed by atoms with Gasteiger partial charge in [-0.1, -0.05) is 43.3 Å². The number of rotatable bonds is 6. The van der Waals surface area contributed by atoms with Crippen LogP contribution < -0.4 is 5.32 Å². The van der Waals surface area contributed by atoms with Crippen molar-refractivity contribution >= 4 is 5.91 Å². The standard InChI is InChI=1S/C17H22N2O2/c1-12(2)10-14-4-6-15(7-5-14)13(3)17(20)18-11-16-8-9-19-21-16/h4-9,12-13H,10-11H2,1-3H3,(H,18,20)/t13-/m0/s1. The maximum Gasteiger partial charge on any atom is 0.227 e.